The van der Waals surface area contributed by atoms with Gasteiger partial charge in [0.2, 0.25) is 19.3 Å². The van der Waals surface area contributed by atoms with Crippen LogP contribution in [0, 0.1) is 0 Å². The van der Waals surface area contributed by atoms with Gasteiger partial charge in [-0.15, -0.1) is 12.4 Å². The number of hydrogen-bond donors (Lipinski definition) is 0. The van der Waals surface area contributed by atoms with E-state index in [0.717, 1.165) is 95.6 Å². The normalized spacial score (nSPS) is 16.4. The van der Waals surface area contributed by atoms with Crippen LogP contribution in [0.1, 0.15) is 35.3 Å². The number of hydrogen-bond acceptors (Lipinski definition) is 13. The molecular formula is C40H41BClN2NaO12S2+. The van der Waals surface area contributed by atoms with Gasteiger partial charge in [-0.1, -0.05) is 6.07 Å². The summed E-state index contributed by atoms with van der Waals surface area (Å²) >= 11 is 0. The second-order valence-corrected chi connectivity index (χ2v) is 17.4. The minimum atomic E-state index is -3.70. The van der Waals surface area contributed by atoms with Crippen molar-refractivity contribution in [1.82, 2.24) is 4.90 Å². The Kier molecular flexibility index (Phi) is 12.9. The monoisotopic (exact) mass is 874 g/mol. The van der Waals surface area contributed by atoms with Crippen molar-refractivity contribution in [2.24, 2.45) is 0 Å². The molecule has 3 radical (unpaired) electrons. The topological polar surface area (TPSA) is 149 Å². The number of aryl methyl sites for hydroxylation is 2. The van der Waals surface area contributed by atoms with Crippen LogP contribution in [0.25, 0.3) is 22.0 Å². The van der Waals surface area contributed by atoms with Crippen molar-refractivity contribution in [3.8, 4) is 57.3 Å². The molecule has 0 spiro atoms. The van der Waals surface area contributed by atoms with E-state index in [4.69, 9.17) is 36.8 Å². The van der Waals surface area contributed by atoms with Gasteiger partial charge in [-0.05, 0) is 82.9 Å². The second kappa shape index (κ2) is 17.1. The predicted molar refractivity (Wildman–Crippen MR) is 217 cm³/mol. The van der Waals surface area contributed by atoms with E-state index < -0.39 is 20.2 Å². The number of methoxy groups -OCH3 is 2. The number of halogens is 1. The van der Waals surface area contributed by atoms with Gasteiger partial charge < -0.3 is 38.2 Å². The van der Waals surface area contributed by atoms with Gasteiger partial charge in [0, 0.05) is 45.6 Å². The molecule has 4 aromatic carbocycles. The molecule has 0 bridgehead atoms. The standard InChI is InChI=1S/C20H21NO6S.C20H18NO6S.B.ClH.Na.H/c2*1-24-17-4-3-12-7-16-14-9-19-18(25-11-26-19)8-13(14)5-6-21(16)10-15(12)20(17)27-28(2,22)23;;;;/h3-4,8-9,16H,5-7,10-11H2,1-2H3;3-4,7-10H,5-6,11H2,1-2H3;;1H;;/q;+1;;;+1;-1. The Hall–Kier alpha value is -4.10. The van der Waals surface area contributed by atoms with E-state index in [1.807, 2.05) is 36.5 Å². The van der Waals surface area contributed by atoms with Gasteiger partial charge in [0.15, 0.2) is 58.7 Å². The first-order chi connectivity index (χ1) is 26.9. The maximum Gasteiger partial charge on any atom is 1.00 e. The first kappa shape index (κ1) is 44.5. The van der Waals surface area contributed by atoms with E-state index >= 15 is 0 Å². The van der Waals surface area contributed by atoms with Crippen LogP contribution in [-0.2, 0) is 52.6 Å². The quantitative estimate of drug-likeness (QED) is 0.139. The number of nitrogens with zero attached hydrogens (tertiary/aromatic N) is 2. The van der Waals surface area contributed by atoms with Crippen molar-refractivity contribution in [1.29, 1.82) is 0 Å². The van der Waals surface area contributed by atoms with E-state index in [1.165, 1.54) is 30.9 Å². The molecule has 0 saturated heterocycles. The smallest absolute Gasteiger partial charge is 1.00 e. The second-order valence-electron chi connectivity index (χ2n) is 14.2. The molecule has 0 saturated carbocycles. The summed E-state index contributed by atoms with van der Waals surface area (Å²) in [6.07, 6.45) is 6.51. The molecule has 305 valence electrons. The zero-order chi connectivity index (χ0) is 38.9. The molecule has 19 heteroatoms. The maximum atomic E-state index is 11.8. The molecule has 59 heavy (non-hydrogen) atoms. The molecule has 1 atom stereocenters. The molecule has 10 rings (SSSR count). The number of ether oxygens (including phenoxy) is 6. The molecule has 0 fully saturated rings. The van der Waals surface area contributed by atoms with Crippen LogP contribution in [-0.4, -0.2) is 77.0 Å². The molecule has 5 aliphatic rings. The first-order valence-corrected chi connectivity index (χ1v) is 21.6. The van der Waals surface area contributed by atoms with Crippen molar-refractivity contribution in [2.75, 3.05) is 46.9 Å². The van der Waals surface area contributed by atoms with Crippen LogP contribution in [0.4, 0.5) is 0 Å². The average molecular weight is 875 g/mol. The van der Waals surface area contributed by atoms with E-state index in [-0.39, 0.29) is 77.2 Å². The molecule has 0 aliphatic carbocycles. The molecular weight excluding hydrogens is 834 g/mol. The fourth-order valence-corrected chi connectivity index (χ4v) is 9.15. The van der Waals surface area contributed by atoms with Gasteiger partial charge in [-0.25, -0.2) is 0 Å². The Morgan fingerprint density at radius 1 is 0.746 bits per heavy atom. The fourth-order valence-electron chi connectivity index (χ4n) is 8.19. The van der Waals surface area contributed by atoms with Crippen molar-refractivity contribution in [3.63, 3.8) is 0 Å². The zero-order valence-corrected chi connectivity index (χ0v) is 37.6. The third-order valence-corrected chi connectivity index (χ3v) is 11.6. The summed E-state index contributed by atoms with van der Waals surface area (Å²) < 4.78 is 92.6. The molecule has 5 aliphatic heterocycles. The van der Waals surface area contributed by atoms with Crippen LogP contribution in [0.15, 0.2) is 60.8 Å². The number of benzene rings is 4. The van der Waals surface area contributed by atoms with E-state index in [0.29, 0.717) is 29.2 Å². The van der Waals surface area contributed by atoms with E-state index in [1.54, 1.807) is 12.1 Å². The van der Waals surface area contributed by atoms with Crippen LogP contribution in [0.3, 0.4) is 0 Å². The number of pyridine rings is 1. The van der Waals surface area contributed by atoms with Crippen LogP contribution >= 0.6 is 12.4 Å². The van der Waals surface area contributed by atoms with Crippen molar-refractivity contribution < 1.29 is 89.2 Å². The minimum absolute atomic E-state index is 0. The summed E-state index contributed by atoms with van der Waals surface area (Å²) in [5.74, 6) is 4.44. The summed E-state index contributed by atoms with van der Waals surface area (Å²) in [5, 5.41) is 1.54. The van der Waals surface area contributed by atoms with Gasteiger partial charge >= 0.3 is 49.8 Å². The maximum absolute atomic E-state index is 11.8. The Morgan fingerprint density at radius 3 is 2.00 bits per heavy atom. The largest absolute Gasteiger partial charge is 1.00 e. The van der Waals surface area contributed by atoms with Crippen LogP contribution < -0.4 is 70.9 Å². The van der Waals surface area contributed by atoms with Crippen LogP contribution in [0.5, 0.6) is 46.0 Å². The number of fused-ring (bicyclic) bond motifs is 10. The summed E-state index contributed by atoms with van der Waals surface area (Å²) in [4.78, 5) is 2.36. The third-order valence-electron chi connectivity index (χ3n) is 10.7. The first-order valence-electron chi connectivity index (χ1n) is 18.0. The van der Waals surface area contributed by atoms with Crippen molar-refractivity contribution in [3.05, 3.63) is 88.6 Å². The molecule has 0 amide bonds. The van der Waals surface area contributed by atoms with Gasteiger partial charge in [0.05, 0.1) is 37.7 Å². The number of rotatable bonds is 6. The van der Waals surface area contributed by atoms with Crippen molar-refractivity contribution >= 4 is 51.8 Å². The Labute approximate surface area is 374 Å². The summed E-state index contributed by atoms with van der Waals surface area (Å²) in [7, 11) is -4.35. The van der Waals surface area contributed by atoms with Gasteiger partial charge in [0.1, 0.15) is 0 Å². The predicted octanol–water partition coefficient (Wildman–Crippen LogP) is 2.00. The third kappa shape index (κ3) is 8.61. The Morgan fingerprint density at radius 2 is 1.34 bits per heavy atom. The van der Waals surface area contributed by atoms with Gasteiger partial charge in [0.25, 0.3) is 0 Å². The molecule has 6 heterocycles. The SMILES string of the molecule is COc1ccc2c(c1OS(C)(=O)=O)CN1CCc3cc4c(cc3C1C2)OCO4.COc1ccc2cc3[n+](cc2c1OS(C)(=O)=O)CCc1cc2c(cc1-3)OCO2.Cl.[B].[H-].[Na+]. The van der Waals surface area contributed by atoms with Crippen LogP contribution in [0.2, 0.25) is 0 Å². The summed E-state index contributed by atoms with van der Waals surface area (Å²) in [5.41, 5.74) is 7.81. The molecule has 1 unspecified atom stereocenters. The molecule has 1 aromatic heterocycles. The minimum Gasteiger partial charge on any atom is -1.00 e. The Bertz CT molecular complexity index is 2690. The van der Waals surface area contributed by atoms with E-state index in [9.17, 15) is 16.8 Å². The fraction of sp³-hybridized carbons (Fsp3) is 0.325. The summed E-state index contributed by atoms with van der Waals surface area (Å²) in [6, 6.07) is 17.9. The molecule has 5 aromatic rings. The molecule has 14 nitrogen and oxygen atoms in total. The molecule has 0 N–H and O–H groups in total. The summed E-state index contributed by atoms with van der Waals surface area (Å²) in [6.45, 7) is 2.75. The zero-order valence-electron chi connectivity index (χ0n) is 34.1. The van der Waals surface area contributed by atoms with Gasteiger partial charge in [-0.2, -0.15) is 21.4 Å². The van der Waals surface area contributed by atoms with Crippen molar-refractivity contribution in [2.45, 2.75) is 38.4 Å². The average Bonchev–Trinajstić information content (AvgIpc) is 3.83. The van der Waals surface area contributed by atoms with Gasteiger partial charge in [-0.3, -0.25) is 4.90 Å². The Balaban J connectivity index is 0.000000213. The van der Waals surface area contributed by atoms with E-state index in [2.05, 4.69) is 21.6 Å². The number of aromatic nitrogens is 1.